The molecule has 8 fully saturated rings. The van der Waals surface area contributed by atoms with Crippen molar-refractivity contribution in [2.45, 2.75) is 264 Å². The number of carboxylic acids is 4. The lowest BCUT2D eigenvalue weighted by Gasteiger charge is -2.52. The Morgan fingerprint density at radius 2 is 0.460 bits per heavy atom. The van der Waals surface area contributed by atoms with E-state index in [-0.39, 0.29) is 92.1 Å². The molecule has 0 aromatic heterocycles. The lowest BCUT2D eigenvalue weighted by molar-refractivity contribution is -0.156. The molecule has 4 aliphatic heterocycles. The standard InChI is InChI=1S/4C20H26O5/c4*1-10-9-20(10,17(23)24)15-13-11(21)8-12-18(2,3)6-5-7-19(12,4)14(13)16(22)25-15/h4*10,12,15H,5-9H2,1-4H3,(H,23,24)/t4*10-,12-,15+,19-,20-/m0000/s1. The molecule has 0 amide bonds. The van der Waals surface area contributed by atoms with Gasteiger partial charge in [0.15, 0.2) is 23.1 Å². The van der Waals surface area contributed by atoms with Gasteiger partial charge in [0.1, 0.15) is 46.1 Å². The maximum Gasteiger partial charge on any atom is 0.335 e. The predicted molar refractivity (Wildman–Crippen MR) is 358 cm³/mol. The number of hydrogen-bond acceptors (Lipinski definition) is 16. The number of carboxylic acid groups (broad SMARTS) is 4. The van der Waals surface area contributed by atoms with Crippen LogP contribution in [0.3, 0.4) is 0 Å². The Morgan fingerprint density at radius 1 is 0.300 bits per heavy atom. The summed E-state index contributed by atoms with van der Waals surface area (Å²) in [5, 5.41) is 39.0. The highest BCUT2D eigenvalue weighted by molar-refractivity contribution is 6.14. The molecule has 0 spiro atoms. The third-order valence-corrected chi connectivity index (χ3v) is 30.7. The van der Waals surface area contributed by atoms with Gasteiger partial charge in [-0.2, -0.15) is 0 Å². The number of fused-ring (bicyclic) bond motifs is 8. The number of carbonyl (C=O) groups is 12. The maximum absolute atomic E-state index is 13.0. The Labute approximate surface area is 585 Å². The summed E-state index contributed by atoms with van der Waals surface area (Å²) in [7, 11) is 0. The molecule has 0 radical (unpaired) electrons. The van der Waals surface area contributed by atoms with E-state index >= 15 is 0 Å². The Bertz CT molecular complexity index is 3430. The molecular formula is C80H104O20. The van der Waals surface area contributed by atoms with Gasteiger partial charge in [-0.15, -0.1) is 0 Å². The Morgan fingerprint density at radius 3 is 0.600 bits per heavy atom. The van der Waals surface area contributed by atoms with Crippen molar-refractivity contribution >= 4 is 70.9 Å². The zero-order valence-electron chi connectivity index (χ0n) is 61.4. The number of ether oxygens (including phenoxy) is 4. The molecule has 0 saturated heterocycles. The number of esters is 4. The number of aliphatic carboxylic acids is 4. The van der Waals surface area contributed by atoms with E-state index in [0.717, 1.165) is 77.0 Å². The topological polar surface area (TPSA) is 323 Å². The smallest absolute Gasteiger partial charge is 0.335 e. The van der Waals surface area contributed by atoms with Gasteiger partial charge >= 0.3 is 47.8 Å². The molecule has 544 valence electrons. The van der Waals surface area contributed by atoms with E-state index in [2.05, 4.69) is 83.1 Å². The zero-order chi connectivity index (χ0) is 73.4. The van der Waals surface area contributed by atoms with Gasteiger partial charge in [0, 0.05) is 69.6 Å². The first kappa shape index (κ1) is 71.8. The first-order chi connectivity index (χ1) is 46.2. The van der Waals surface area contributed by atoms with Crippen LogP contribution in [-0.4, -0.2) is 116 Å². The van der Waals surface area contributed by atoms with Crippen LogP contribution in [0, 0.1) is 112 Å². The number of cyclic esters (lactones) is 4. The molecular weight excluding hydrogens is 1280 g/mol. The van der Waals surface area contributed by atoms with Crippen molar-refractivity contribution in [1.29, 1.82) is 0 Å². The van der Waals surface area contributed by atoms with Crippen LogP contribution in [0.2, 0.25) is 0 Å². The summed E-state index contributed by atoms with van der Waals surface area (Å²) in [5.74, 6) is -5.96. The average Bonchev–Trinajstić information content (AvgIpc) is 1.49. The molecule has 0 unspecified atom stereocenters. The monoisotopic (exact) mass is 1380 g/mol. The molecule has 20 nitrogen and oxygen atoms in total. The van der Waals surface area contributed by atoms with Crippen molar-refractivity contribution < 1.29 is 96.9 Å². The van der Waals surface area contributed by atoms with Crippen molar-refractivity contribution in [2.24, 2.45) is 112 Å². The molecule has 20 atom stereocenters. The normalized spacial score (nSPS) is 44.9. The van der Waals surface area contributed by atoms with E-state index in [1.165, 1.54) is 0 Å². The van der Waals surface area contributed by atoms with E-state index in [4.69, 9.17) is 18.9 Å². The first-order valence-electron chi connectivity index (χ1n) is 37.1. The lowest BCUT2D eigenvalue weighted by atomic mass is 9.50. The molecule has 0 aromatic rings. The van der Waals surface area contributed by atoms with E-state index in [1.54, 1.807) is 0 Å². The summed E-state index contributed by atoms with van der Waals surface area (Å²) in [6, 6.07) is 0. The summed E-state index contributed by atoms with van der Waals surface area (Å²) in [5.41, 5.74) is -2.61. The van der Waals surface area contributed by atoms with E-state index in [1.807, 2.05) is 27.7 Å². The second-order valence-corrected chi connectivity index (χ2v) is 37.9. The highest BCUT2D eigenvalue weighted by Crippen LogP contribution is 2.71. The third-order valence-electron chi connectivity index (χ3n) is 30.7. The van der Waals surface area contributed by atoms with Gasteiger partial charge < -0.3 is 39.4 Å². The molecule has 0 aromatic carbocycles. The van der Waals surface area contributed by atoms with Crippen LogP contribution in [0.15, 0.2) is 44.6 Å². The quantitative estimate of drug-likeness (QED) is 0.130. The molecule has 4 heterocycles. The molecule has 16 aliphatic rings. The molecule has 100 heavy (non-hydrogen) atoms. The van der Waals surface area contributed by atoms with Crippen molar-refractivity contribution in [2.75, 3.05) is 0 Å². The summed E-state index contributed by atoms with van der Waals surface area (Å²) in [4.78, 5) is 151. The van der Waals surface area contributed by atoms with Gasteiger partial charge in [-0.25, -0.2) is 19.2 Å². The summed E-state index contributed by atoms with van der Waals surface area (Å²) < 4.78 is 22.4. The lowest BCUT2D eigenvalue weighted by Crippen LogP contribution is -2.49. The molecule has 4 N–H and O–H groups in total. The van der Waals surface area contributed by atoms with Crippen LogP contribution < -0.4 is 0 Å². The van der Waals surface area contributed by atoms with Crippen molar-refractivity contribution in [3.63, 3.8) is 0 Å². The van der Waals surface area contributed by atoms with Gasteiger partial charge in [0.05, 0.1) is 22.3 Å². The molecule has 8 saturated carbocycles. The van der Waals surface area contributed by atoms with Gasteiger partial charge in [-0.3, -0.25) is 38.4 Å². The maximum atomic E-state index is 13.0. The van der Waals surface area contributed by atoms with Crippen LogP contribution in [0.1, 0.15) is 239 Å². The summed E-state index contributed by atoms with van der Waals surface area (Å²) >= 11 is 0. The van der Waals surface area contributed by atoms with Crippen molar-refractivity contribution in [3.8, 4) is 0 Å². The summed E-state index contributed by atoms with van der Waals surface area (Å²) in [6.45, 7) is 33.1. The van der Waals surface area contributed by atoms with E-state index in [0.29, 0.717) is 96.0 Å². The Kier molecular flexibility index (Phi) is 16.1. The predicted octanol–water partition coefficient (Wildman–Crippen LogP) is 12.5. The minimum absolute atomic E-state index is 0.0170. The zero-order valence-corrected chi connectivity index (χ0v) is 61.4. The van der Waals surface area contributed by atoms with E-state index < -0.39 is 115 Å². The van der Waals surface area contributed by atoms with Gasteiger partial charge in [-0.05, 0) is 146 Å². The second-order valence-electron chi connectivity index (χ2n) is 37.9. The molecule has 16 rings (SSSR count). The van der Waals surface area contributed by atoms with Gasteiger partial charge in [0.25, 0.3) is 0 Å². The fourth-order valence-electron chi connectivity index (χ4n) is 24.4. The first-order valence-corrected chi connectivity index (χ1v) is 37.1. The average molecular weight is 1390 g/mol. The minimum Gasteiger partial charge on any atom is -0.481 e. The Hall–Kier alpha value is -6.60. The number of ketones is 4. The summed E-state index contributed by atoms with van der Waals surface area (Å²) in [6.07, 6.45) is 11.3. The fraction of sp³-hybridized carbons (Fsp3) is 0.750. The SMILES string of the molecule is C[C@H]1C[C@@]1(C(=O)O)[C@@H]1OC(=O)C2=C1C(=O)C[C@H]1C(C)(C)CCC[C@]21C.C[C@H]1C[C@@]1(C(=O)O)[C@@H]1OC(=O)C2=C1C(=O)C[C@H]1C(C)(C)CCC[C@]21C.C[C@H]1C[C@@]1(C(=O)O)[C@@H]1OC(=O)C2=C1C(=O)C[C@H]1C(C)(C)CCC[C@]21C.C[C@H]1C[C@@]1(C(=O)O)[C@@H]1OC(=O)C2=C1C(=O)C[C@H]1C(C)(C)CCC[C@]21C. The number of rotatable bonds is 8. The fourth-order valence-corrected chi connectivity index (χ4v) is 24.4. The van der Waals surface area contributed by atoms with Gasteiger partial charge in [-0.1, -0.05) is 136 Å². The minimum atomic E-state index is -1.12. The number of hydrogen-bond donors (Lipinski definition) is 4. The van der Waals surface area contributed by atoms with Crippen LogP contribution in [0.4, 0.5) is 0 Å². The second kappa shape index (κ2) is 22.5. The van der Waals surface area contributed by atoms with Crippen LogP contribution >= 0.6 is 0 Å². The number of Topliss-reactive ketones (excluding diaryl/α,β-unsaturated/α-hetero) is 4. The number of carbonyl (C=O) groups excluding carboxylic acids is 8. The highest BCUT2D eigenvalue weighted by atomic mass is 16.6. The van der Waals surface area contributed by atoms with E-state index in [9.17, 15) is 78.0 Å². The molecule has 0 bridgehead atoms. The largest absolute Gasteiger partial charge is 0.481 e. The third kappa shape index (κ3) is 9.71. The van der Waals surface area contributed by atoms with Gasteiger partial charge in [0.2, 0.25) is 0 Å². The van der Waals surface area contributed by atoms with Crippen LogP contribution in [0.5, 0.6) is 0 Å². The van der Waals surface area contributed by atoms with Crippen LogP contribution in [0.25, 0.3) is 0 Å². The van der Waals surface area contributed by atoms with Crippen LogP contribution in [-0.2, 0) is 76.5 Å². The molecule has 20 heteroatoms. The van der Waals surface area contributed by atoms with Crippen molar-refractivity contribution in [1.82, 2.24) is 0 Å². The molecule has 12 aliphatic carbocycles. The Balaban J connectivity index is 0.000000119. The highest BCUT2D eigenvalue weighted by Gasteiger charge is 2.75. The van der Waals surface area contributed by atoms with Crippen molar-refractivity contribution in [3.05, 3.63) is 44.6 Å².